The molecular weight excluding hydrogens is 350 g/mol. The summed E-state index contributed by atoms with van der Waals surface area (Å²) < 4.78 is 0. The molecule has 0 N–H and O–H groups in total. The third kappa shape index (κ3) is 4.62. The molecule has 0 radical (unpaired) electrons. The van der Waals surface area contributed by atoms with Crippen LogP contribution in [0.15, 0.2) is 84.9 Å². The Morgan fingerprint density at radius 1 is 0.538 bits per heavy atom. The molecule has 0 nitrogen and oxygen atoms in total. The Labute approximate surface area is 161 Å². The molecule has 0 bridgehead atoms. The van der Waals surface area contributed by atoms with E-state index in [-0.39, 0.29) is 7.92 Å². The molecule has 0 atom stereocenters. The quantitative estimate of drug-likeness (QED) is 0.462. The highest BCUT2D eigenvalue weighted by Crippen LogP contribution is 2.40. The number of hydrogen-bond acceptors (Lipinski definition) is 0. The summed E-state index contributed by atoms with van der Waals surface area (Å²) in [4.78, 5) is 0. The van der Waals surface area contributed by atoms with Crippen molar-refractivity contribution in [3.05, 3.63) is 84.9 Å². The summed E-state index contributed by atoms with van der Waals surface area (Å²) in [5, 5.41) is 6.09. The van der Waals surface area contributed by atoms with Crippen LogP contribution in [0.25, 0.3) is 0 Å². The molecule has 3 aromatic rings. The van der Waals surface area contributed by atoms with Crippen molar-refractivity contribution in [2.24, 2.45) is 0 Å². The van der Waals surface area contributed by atoms with Gasteiger partial charge in [-0.15, -0.1) is 0 Å². The smallest absolute Gasteiger partial charge is 0.00742 e. The minimum absolute atomic E-state index is 0.0737. The molecule has 0 aliphatic rings. The summed E-state index contributed by atoms with van der Waals surface area (Å²) in [6, 6.07) is 31.4. The third-order valence-corrected chi connectivity index (χ3v) is 10.2. The van der Waals surface area contributed by atoms with Crippen molar-refractivity contribution < 1.29 is 0 Å². The second-order valence-electron chi connectivity index (χ2n) is 6.48. The van der Waals surface area contributed by atoms with Crippen LogP contribution in [0.4, 0.5) is 0 Å². The first-order chi connectivity index (χ1) is 12.8. The molecule has 2 heteroatoms. The van der Waals surface area contributed by atoms with E-state index in [0.717, 1.165) is 0 Å². The van der Waals surface area contributed by atoms with Crippen molar-refractivity contribution in [3.63, 3.8) is 0 Å². The molecule has 0 amide bonds. The van der Waals surface area contributed by atoms with E-state index in [1.165, 1.54) is 35.8 Å². The molecule has 0 aromatic heterocycles. The van der Waals surface area contributed by atoms with Crippen LogP contribution >= 0.6 is 15.8 Å². The van der Waals surface area contributed by atoms with E-state index in [2.05, 4.69) is 98.8 Å². The molecule has 0 fully saturated rings. The third-order valence-electron chi connectivity index (χ3n) is 4.48. The van der Waals surface area contributed by atoms with E-state index in [4.69, 9.17) is 0 Å². The maximum atomic E-state index is 2.41. The molecule has 3 aromatic carbocycles. The molecule has 0 heterocycles. The zero-order chi connectivity index (χ0) is 18.2. The first-order valence-electron chi connectivity index (χ1n) is 9.59. The highest BCUT2D eigenvalue weighted by molar-refractivity contribution is 7.82. The highest BCUT2D eigenvalue weighted by atomic mass is 31.1. The van der Waals surface area contributed by atoms with Crippen molar-refractivity contribution >= 4 is 37.1 Å². The molecule has 0 saturated carbocycles. The van der Waals surface area contributed by atoms with Crippen LogP contribution in [0.2, 0.25) is 0 Å². The second-order valence-corrected chi connectivity index (χ2v) is 11.1. The van der Waals surface area contributed by atoms with E-state index >= 15 is 0 Å². The Bertz CT molecular complexity index is 738. The van der Waals surface area contributed by atoms with Gasteiger partial charge in [-0.05, 0) is 41.5 Å². The molecule has 0 unspecified atom stereocenters. The molecule has 0 spiro atoms. The predicted octanol–water partition coefficient (Wildman–Crippen LogP) is 5.37. The fourth-order valence-electron chi connectivity index (χ4n) is 3.39. The van der Waals surface area contributed by atoms with Gasteiger partial charge in [0, 0.05) is 0 Å². The van der Waals surface area contributed by atoms with Crippen molar-refractivity contribution in [1.29, 1.82) is 0 Å². The van der Waals surface area contributed by atoms with Gasteiger partial charge in [0.25, 0.3) is 0 Å². The van der Waals surface area contributed by atoms with Gasteiger partial charge < -0.3 is 0 Å². The molecule has 0 aliphatic carbocycles. The van der Waals surface area contributed by atoms with Crippen molar-refractivity contribution in [2.75, 3.05) is 12.3 Å². The van der Waals surface area contributed by atoms with Crippen LogP contribution in [-0.2, 0) is 0 Å². The lowest BCUT2D eigenvalue weighted by atomic mass is 10.3. The van der Waals surface area contributed by atoms with E-state index in [0.29, 0.717) is 0 Å². The first-order valence-corrected chi connectivity index (χ1v) is 12.6. The monoisotopic (exact) mass is 378 g/mol. The summed E-state index contributed by atoms with van der Waals surface area (Å²) >= 11 is 0. The van der Waals surface area contributed by atoms with E-state index in [1.807, 2.05) is 0 Å². The maximum Gasteiger partial charge on any atom is -0.00742 e. The zero-order valence-corrected chi connectivity index (χ0v) is 17.6. The Morgan fingerprint density at radius 3 is 1.42 bits per heavy atom. The lowest BCUT2D eigenvalue weighted by Crippen LogP contribution is -2.30. The Morgan fingerprint density at radius 2 is 0.962 bits per heavy atom. The average molecular weight is 378 g/mol. The molecular formula is C24H28P2. The minimum atomic E-state index is -0.504. The summed E-state index contributed by atoms with van der Waals surface area (Å²) in [5.74, 6) is 0. The molecule has 0 aliphatic heterocycles. The number of rotatable bonds is 8. The molecule has 134 valence electrons. The largest absolute Gasteiger partial charge is 0.0746 e. The fourth-order valence-corrected chi connectivity index (χ4v) is 8.93. The highest BCUT2D eigenvalue weighted by Gasteiger charge is 2.22. The van der Waals surface area contributed by atoms with Gasteiger partial charge in [0.1, 0.15) is 0 Å². The fraction of sp³-hybridized carbons (Fsp3) is 0.250. The van der Waals surface area contributed by atoms with Crippen molar-refractivity contribution in [1.82, 2.24) is 0 Å². The summed E-state index contributed by atoms with van der Waals surface area (Å²) in [6.45, 7) is 4.65. The van der Waals surface area contributed by atoms with Crippen molar-refractivity contribution in [2.45, 2.75) is 26.7 Å². The Kier molecular flexibility index (Phi) is 7.43. The van der Waals surface area contributed by atoms with Gasteiger partial charge in [-0.25, -0.2) is 0 Å². The lowest BCUT2D eigenvalue weighted by molar-refractivity contribution is 1.06. The van der Waals surface area contributed by atoms with Gasteiger partial charge in [0.2, 0.25) is 0 Å². The first kappa shape index (κ1) is 19.3. The van der Waals surface area contributed by atoms with E-state index in [9.17, 15) is 0 Å². The molecule has 26 heavy (non-hydrogen) atoms. The normalized spacial score (nSPS) is 11.2. The van der Waals surface area contributed by atoms with Gasteiger partial charge in [-0.2, -0.15) is 0 Å². The van der Waals surface area contributed by atoms with E-state index in [1.54, 1.807) is 10.6 Å². The molecule has 3 rings (SSSR count). The Hall–Kier alpha value is -1.48. The van der Waals surface area contributed by atoms with Gasteiger partial charge in [-0.3, -0.25) is 0 Å². The second kappa shape index (κ2) is 10.0. The van der Waals surface area contributed by atoms with Crippen molar-refractivity contribution in [3.8, 4) is 0 Å². The van der Waals surface area contributed by atoms with Crippen LogP contribution in [0, 0.1) is 0 Å². The minimum Gasteiger partial charge on any atom is -0.0746 e. The van der Waals surface area contributed by atoms with Crippen LogP contribution < -0.4 is 21.2 Å². The van der Waals surface area contributed by atoms with Crippen LogP contribution in [-0.4, -0.2) is 12.3 Å². The van der Waals surface area contributed by atoms with Crippen LogP contribution in [0.1, 0.15) is 26.7 Å². The number of hydrogen-bond donors (Lipinski definition) is 0. The SMILES string of the molecule is CCCP(CCC)c1ccccc1P(c1ccccc1)c1ccccc1. The predicted molar refractivity (Wildman–Crippen MR) is 122 cm³/mol. The zero-order valence-electron chi connectivity index (χ0n) is 15.8. The maximum absolute atomic E-state index is 2.41. The summed E-state index contributed by atoms with van der Waals surface area (Å²) in [7, 11) is -0.578. The van der Waals surface area contributed by atoms with Crippen LogP contribution in [0.5, 0.6) is 0 Å². The molecule has 0 saturated heterocycles. The lowest BCUT2D eigenvalue weighted by Gasteiger charge is -2.26. The average Bonchev–Trinajstić information content (AvgIpc) is 2.70. The number of benzene rings is 3. The van der Waals surface area contributed by atoms with Gasteiger partial charge in [0.05, 0.1) is 0 Å². The van der Waals surface area contributed by atoms with Gasteiger partial charge in [-0.1, -0.05) is 120 Å². The summed E-state index contributed by atoms with van der Waals surface area (Å²) in [5.41, 5.74) is 0. The topological polar surface area (TPSA) is 0 Å². The Balaban J connectivity index is 2.13. The van der Waals surface area contributed by atoms with Gasteiger partial charge >= 0.3 is 0 Å². The standard InChI is InChI=1S/C24H28P2/c1-3-19-25(20-4-2)23-17-11-12-18-24(23)26(21-13-7-5-8-14-21)22-15-9-6-10-16-22/h5-18H,3-4,19-20H2,1-2H3. The summed E-state index contributed by atoms with van der Waals surface area (Å²) in [6.07, 6.45) is 5.23. The van der Waals surface area contributed by atoms with Crippen LogP contribution in [0.3, 0.4) is 0 Å². The van der Waals surface area contributed by atoms with Gasteiger partial charge in [0.15, 0.2) is 0 Å². The van der Waals surface area contributed by atoms with E-state index < -0.39 is 7.92 Å².